The number of ether oxygens (including phenoxy) is 1. The summed E-state index contributed by atoms with van der Waals surface area (Å²) >= 11 is 7.00. The first kappa shape index (κ1) is 11.1. The number of halogens is 1. The SMILES string of the molecule is CN(CCOCC1CC1)c1nsnc1Cl. The molecule has 15 heavy (non-hydrogen) atoms. The van der Waals surface area contributed by atoms with E-state index in [4.69, 9.17) is 16.3 Å². The number of hydrogen-bond acceptors (Lipinski definition) is 5. The van der Waals surface area contributed by atoms with Gasteiger partial charge in [0.2, 0.25) is 0 Å². The van der Waals surface area contributed by atoms with Crippen LogP contribution in [-0.4, -0.2) is 35.6 Å². The van der Waals surface area contributed by atoms with Crippen LogP contribution in [0.25, 0.3) is 0 Å². The van der Waals surface area contributed by atoms with Gasteiger partial charge >= 0.3 is 0 Å². The minimum atomic E-state index is 0.477. The Labute approximate surface area is 98.5 Å². The van der Waals surface area contributed by atoms with E-state index in [1.165, 1.54) is 12.8 Å². The Kier molecular flexibility index (Phi) is 3.77. The van der Waals surface area contributed by atoms with Crippen LogP contribution in [0, 0.1) is 5.92 Å². The average molecular weight is 248 g/mol. The molecule has 0 spiro atoms. The molecule has 0 bridgehead atoms. The van der Waals surface area contributed by atoms with Gasteiger partial charge in [-0.3, -0.25) is 0 Å². The molecule has 0 radical (unpaired) electrons. The number of aromatic nitrogens is 2. The number of rotatable bonds is 6. The lowest BCUT2D eigenvalue weighted by molar-refractivity contribution is 0.131. The van der Waals surface area contributed by atoms with E-state index in [9.17, 15) is 0 Å². The first-order valence-corrected chi connectivity index (χ1v) is 6.15. The van der Waals surface area contributed by atoms with Crippen LogP contribution in [0.3, 0.4) is 0 Å². The lowest BCUT2D eigenvalue weighted by atomic mass is 10.5. The van der Waals surface area contributed by atoms with Crippen molar-refractivity contribution < 1.29 is 4.74 Å². The van der Waals surface area contributed by atoms with Crippen molar-refractivity contribution in [1.82, 2.24) is 8.75 Å². The standard InChI is InChI=1S/C9H14ClN3OS/c1-13(9-8(10)11-15-12-9)4-5-14-6-7-2-3-7/h7H,2-6H2,1H3. The summed E-state index contributed by atoms with van der Waals surface area (Å²) in [5, 5.41) is 0.477. The minimum Gasteiger partial charge on any atom is -0.379 e. The first-order chi connectivity index (χ1) is 7.27. The number of hydrogen-bond donors (Lipinski definition) is 0. The second kappa shape index (κ2) is 5.09. The Bertz CT molecular complexity index is 316. The molecule has 84 valence electrons. The molecule has 0 aliphatic heterocycles. The van der Waals surface area contributed by atoms with Crippen molar-refractivity contribution in [3.8, 4) is 0 Å². The summed E-state index contributed by atoms with van der Waals surface area (Å²) in [6.45, 7) is 2.43. The van der Waals surface area contributed by atoms with Gasteiger partial charge in [-0.15, -0.1) is 0 Å². The topological polar surface area (TPSA) is 38.2 Å². The average Bonchev–Trinajstić information content (AvgIpc) is 2.94. The molecule has 1 heterocycles. The van der Waals surface area contributed by atoms with Crippen LogP contribution in [0.5, 0.6) is 0 Å². The molecule has 0 unspecified atom stereocenters. The maximum atomic E-state index is 5.86. The Morgan fingerprint density at radius 2 is 2.33 bits per heavy atom. The third-order valence-corrected chi connectivity index (χ3v) is 3.29. The highest BCUT2D eigenvalue weighted by molar-refractivity contribution is 6.99. The van der Waals surface area contributed by atoms with Crippen molar-refractivity contribution in [3.63, 3.8) is 0 Å². The number of nitrogens with zero attached hydrogens (tertiary/aromatic N) is 3. The van der Waals surface area contributed by atoms with Gasteiger partial charge < -0.3 is 9.64 Å². The second-order valence-corrected chi connectivity index (χ2v) is 4.70. The van der Waals surface area contributed by atoms with Crippen molar-refractivity contribution in [2.24, 2.45) is 5.92 Å². The third-order valence-electron chi connectivity index (χ3n) is 2.42. The molecule has 0 saturated heterocycles. The molecule has 6 heteroatoms. The van der Waals surface area contributed by atoms with Gasteiger partial charge in [0.15, 0.2) is 11.0 Å². The first-order valence-electron chi connectivity index (χ1n) is 5.04. The number of anilines is 1. The highest BCUT2D eigenvalue weighted by atomic mass is 35.5. The van der Waals surface area contributed by atoms with E-state index >= 15 is 0 Å². The molecule has 2 rings (SSSR count). The summed E-state index contributed by atoms with van der Waals surface area (Å²) in [5.41, 5.74) is 0. The van der Waals surface area contributed by atoms with Crippen molar-refractivity contribution >= 4 is 29.1 Å². The van der Waals surface area contributed by atoms with Crippen LogP contribution < -0.4 is 4.90 Å². The second-order valence-electron chi connectivity index (χ2n) is 3.82. The van der Waals surface area contributed by atoms with Gasteiger partial charge in [0.1, 0.15) is 0 Å². The summed E-state index contributed by atoms with van der Waals surface area (Å²) in [7, 11) is 1.95. The lowest BCUT2D eigenvalue weighted by Gasteiger charge is -2.15. The van der Waals surface area contributed by atoms with E-state index in [-0.39, 0.29) is 0 Å². The van der Waals surface area contributed by atoms with Crippen molar-refractivity contribution in [1.29, 1.82) is 0 Å². The Hall–Kier alpha value is -0.390. The van der Waals surface area contributed by atoms with Crippen molar-refractivity contribution in [2.45, 2.75) is 12.8 Å². The molecule has 1 aliphatic carbocycles. The summed E-state index contributed by atoms with van der Waals surface area (Å²) in [5.74, 6) is 1.57. The van der Waals surface area contributed by atoms with Crippen LogP contribution in [0.1, 0.15) is 12.8 Å². The van der Waals surface area contributed by atoms with Crippen molar-refractivity contribution in [2.75, 3.05) is 31.7 Å². The van der Waals surface area contributed by atoms with Crippen LogP contribution in [0.4, 0.5) is 5.82 Å². The van der Waals surface area contributed by atoms with Crippen molar-refractivity contribution in [3.05, 3.63) is 5.15 Å². The molecule has 1 aromatic rings. The van der Waals surface area contributed by atoms with E-state index < -0.39 is 0 Å². The molecular formula is C9H14ClN3OS. The normalized spacial score (nSPS) is 15.6. The Morgan fingerprint density at radius 3 is 2.93 bits per heavy atom. The zero-order valence-corrected chi connectivity index (χ0v) is 10.2. The molecule has 1 aromatic heterocycles. The van der Waals surface area contributed by atoms with Crippen LogP contribution in [0.15, 0.2) is 0 Å². The fraction of sp³-hybridized carbons (Fsp3) is 0.778. The maximum Gasteiger partial charge on any atom is 0.187 e. The largest absolute Gasteiger partial charge is 0.379 e. The van der Waals surface area contributed by atoms with E-state index in [0.717, 1.165) is 43.2 Å². The van der Waals surface area contributed by atoms with Gasteiger partial charge in [0.05, 0.1) is 18.3 Å². The fourth-order valence-corrected chi connectivity index (χ4v) is 2.07. The molecule has 4 nitrogen and oxygen atoms in total. The summed E-state index contributed by atoms with van der Waals surface area (Å²) in [4.78, 5) is 1.97. The summed E-state index contributed by atoms with van der Waals surface area (Å²) in [6, 6.07) is 0. The quantitative estimate of drug-likeness (QED) is 0.722. The smallest absolute Gasteiger partial charge is 0.187 e. The predicted molar refractivity (Wildman–Crippen MR) is 61.7 cm³/mol. The monoisotopic (exact) mass is 247 g/mol. The van der Waals surface area contributed by atoms with Gasteiger partial charge in [-0.1, -0.05) is 11.6 Å². The lowest BCUT2D eigenvalue weighted by Crippen LogP contribution is -2.23. The van der Waals surface area contributed by atoms with Gasteiger partial charge in [0, 0.05) is 20.2 Å². The van der Waals surface area contributed by atoms with Crippen LogP contribution in [-0.2, 0) is 4.74 Å². The molecular weight excluding hydrogens is 234 g/mol. The van der Waals surface area contributed by atoms with Crippen LogP contribution >= 0.6 is 23.3 Å². The molecule has 0 amide bonds. The molecule has 1 saturated carbocycles. The zero-order valence-electron chi connectivity index (χ0n) is 8.65. The van der Waals surface area contributed by atoms with E-state index in [1.54, 1.807) is 0 Å². The minimum absolute atomic E-state index is 0.477. The summed E-state index contributed by atoms with van der Waals surface area (Å²) in [6.07, 6.45) is 2.66. The van der Waals surface area contributed by atoms with E-state index in [2.05, 4.69) is 8.75 Å². The highest BCUT2D eigenvalue weighted by Crippen LogP contribution is 2.28. The number of likely N-dealkylation sites (N-methyl/N-ethyl adjacent to an activating group) is 1. The fourth-order valence-electron chi connectivity index (χ4n) is 1.24. The van der Waals surface area contributed by atoms with Crippen LogP contribution in [0.2, 0.25) is 5.15 Å². The zero-order chi connectivity index (χ0) is 10.7. The predicted octanol–water partition coefficient (Wildman–Crippen LogP) is 2.05. The Balaban J connectivity index is 1.67. The highest BCUT2D eigenvalue weighted by Gasteiger charge is 2.21. The summed E-state index contributed by atoms with van der Waals surface area (Å²) < 4.78 is 13.6. The van der Waals surface area contributed by atoms with Gasteiger partial charge in [-0.2, -0.15) is 8.75 Å². The third kappa shape index (κ3) is 3.29. The van der Waals surface area contributed by atoms with Gasteiger partial charge in [-0.25, -0.2) is 0 Å². The maximum absolute atomic E-state index is 5.86. The van der Waals surface area contributed by atoms with Gasteiger partial charge in [0.25, 0.3) is 0 Å². The molecule has 1 fully saturated rings. The van der Waals surface area contributed by atoms with E-state index in [0.29, 0.717) is 5.15 Å². The molecule has 0 aromatic carbocycles. The van der Waals surface area contributed by atoms with Gasteiger partial charge in [-0.05, 0) is 18.8 Å². The Morgan fingerprint density at radius 1 is 1.53 bits per heavy atom. The molecule has 0 N–H and O–H groups in total. The van der Waals surface area contributed by atoms with E-state index in [1.807, 2.05) is 11.9 Å². The molecule has 0 atom stereocenters. The molecule has 1 aliphatic rings.